The predicted molar refractivity (Wildman–Crippen MR) is 60.6 cm³/mol. The first-order chi connectivity index (χ1) is 6.89. The van der Waals surface area contributed by atoms with Gasteiger partial charge in [0.05, 0.1) is 0 Å². The molecule has 0 aromatic carbocycles. The van der Waals surface area contributed by atoms with E-state index in [0.717, 1.165) is 26.1 Å². The lowest BCUT2D eigenvalue weighted by Gasteiger charge is -2.33. The summed E-state index contributed by atoms with van der Waals surface area (Å²) in [4.78, 5) is 2.29. The van der Waals surface area contributed by atoms with Gasteiger partial charge in [0.25, 0.3) is 10.2 Å². The number of nitrogens with two attached hydrogens (primary N) is 1. The summed E-state index contributed by atoms with van der Waals surface area (Å²) in [7, 11) is -3.47. The Labute approximate surface area is 92.4 Å². The lowest BCUT2D eigenvalue weighted by molar-refractivity contribution is 0.181. The van der Waals surface area contributed by atoms with Gasteiger partial charge in [0.15, 0.2) is 0 Å². The van der Waals surface area contributed by atoms with Crippen LogP contribution >= 0.6 is 0 Å². The highest BCUT2D eigenvalue weighted by Gasteiger charge is 2.23. The normalized spacial score (nSPS) is 21.1. The van der Waals surface area contributed by atoms with E-state index in [1.807, 2.05) is 0 Å². The minimum absolute atomic E-state index is 0.525. The van der Waals surface area contributed by atoms with Crippen molar-refractivity contribution in [3.63, 3.8) is 0 Å². The van der Waals surface area contributed by atoms with Crippen LogP contribution in [0.2, 0.25) is 0 Å². The summed E-state index contributed by atoms with van der Waals surface area (Å²) < 4.78 is 23.4. The van der Waals surface area contributed by atoms with Gasteiger partial charge in [-0.1, -0.05) is 13.8 Å². The summed E-state index contributed by atoms with van der Waals surface area (Å²) in [6.07, 6.45) is 1.16. The van der Waals surface area contributed by atoms with E-state index in [-0.39, 0.29) is 0 Å². The molecule has 5 nitrogen and oxygen atoms in total. The van der Waals surface area contributed by atoms with E-state index in [4.69, 9.17) is 5.14 Å². The maximum Gasteiger partial charge on any atom is 0.276 e. The van der Waals surface area contributed by atoms with Crippen molar-refractivity contribution in [3.05, 3.63) is 0 Å². The van der Waals surface area contributed by atoms with Crippen molar-refractivity contribution in [2.24, 2.45) is 11.1 Å². The quantitative estimate of drug-likeness (QED) is 0.737. The molecule has 0 bridgehead atoms. The van der Waals surface area contributed by atoms with Gasteiger partial charge < -0.3 is 4.90 Å². The van der Waals surface area contributed by atoms with Crippen LogP contribution in [0.3, 0.4) is 0 Å². The highest BCUT2D eigenvalue weighted by Crippen LogP contribution is 2.07. The number of hydrogen-bond acceptors (Lipinski definition) is 3. The van der Waals surface area contributed by atoms with E-state index < -0.39 is 10.2 Å². The van der Waals surface area contributed by atoms with Crippen LogP contribution in [0.25, 0.3) is 0 Å². The fourth-order valence-corrected chi connectivity index (χ4v) is 2.32. The molecule has 1 fully saturated rings. The number of piperazine rings is 1. The average molecular weight is 235 g/mol. The van der Waals surface area contributed by atoms with Gasteiger partial charge in [0, 0.05) is 26.2 Å². The molecule has 0 aromatic rings. The van der Waals surface area contributed by atoms with Crippen LogP contribution < -0.4 is 5.14 Å². The van der Waals surface area contributed by atoms with Crippen molar-refractivity contribution < 1.29 is 8.42 Å². The van der Waals surface area contributed by atoms with E-state index in [0.29, 0.717) is 19.0 Å². The van der Waals surface area contributed by atoms with Crippen LogP contribution in [0.15, 0.2) is 0 Å². The Balaban J connectivity index is 2.30. The Morgan fingerprint density at radius 2 is 1.73 bits per heavy atom. The standard InChI is InChI=1S/C9H21N3O2S/c1-9(2)3-4-11-5-7-12(8-6-11)15(10,13)14/h9H,3-8H2,1-2H3,(H2,10,13,14). The number of hydrogen-bond donors (Lipinski definition) is 1. The summed E-state index contributed by atoms with van der Waals surface area (Å²) >= 11 is 0. The third kappa shape index (κ3) is 4.46. The molecule has 0 saturated carbocycles. The van der Waals surface area contributed by atoms with E-state index in [1.54, 1.807) is 0 Å². The first-order valence-electron chi connectivity index (χ1n) is 5.40. The third-order valence-corrected chi connectivity index (χ3v) is 3.80. The van der Waals surface area contributed by atoms with Crippen LogP contribution in [0.5, 0.6) is 0 Å². The fourth-order valence-electron chi connectivity index (χ4n) is 1.65. The minimum atomic E-state index is -3.47. The van der Waals surface area contributed by atoms with E-state index in [1.165, 1.54) is 4.31 Å². The molecule has 1 aliphatic heterocycles. The summed E-state index contributed by atoms with van der Waals surface area (Å²) in [5.74, 6) is 0.696. The Hall–Kier alpha value is -0.170. The van der Waals surface area contributed by atoms with E-state index in [2.05, 4.69) is 18.7 Å². The molecular formula is C9H21N3O2S. The summed E-state index contributed by atoms with van der Waals surface area (Å²) in [5.41, 5.74) is 0. The lowest BCUT2D eigenvalue weighted by Crippen LogP contribution is -2.50. The number of nitrogens with zero attached hydrogens (tertiary/aromatic N) is 2. The van der Waals surface area contributed by atoms with Crippen LogP contribution in [-0.4, -0.2) is 50.3 Å². The molecule has 0 aliphatic carbocycles. The van der Waals surface area contributed by atoms with Crippen molar-refractivity contribution in [1.82, 2.24) is 9.21 Å². The third-order valence-electron chi connectivity index (χ3n) is 2.71. The van der Waals surface area contributed by atoms with Crippen molar-refractivity contribution in [1.29, 1.82) is 0 Å². The first-order valence-corrected chi connectivity index (χ1v) is 6.90. The van der Waals surface area contributed by atoms with Gasteiger partial charge in [-0.25, -0.2) is 5.14 Å². The van der Waals surface area contributed by atoms with E-state index >= 15 is 0 Å². The number of rotatable bonds is 4. The van der Waals surface area contributed by atoms with Crippen molar-refractivity contribution in [2.75, 3.05) is 32.7 Å². The second kappa shape index (κ2) is 5.25. The Morgan fingerprint density at radius 3 is 2.13 bits per heavy atom. The monoisotopic (exact) mass is 235 g/mol. The van der Waals surface area contributed by atoms with Gasteiger partial charge in [-0.3, -0.25) is 0 Å². The molecule has 6 heteroatoms. The molecule has 1 aliphatic rings. The molecule has 0 aromatic heterocycles. The highest BCUT2D eigenvalue weighted by molar-refractivity contribution is 7.86. The molecule has 1 heterocycles. The Kier molecular flexibility index (Phi) is 4.51. The summed E-state index contributed by atoms with van der Waals surface area (Å²) in [6, 6.07) is 0. The summed E-state index contributed by atoms with van der Waals surface area (Å²) in [6.45, 7) is 8.08. The second-order valence-electron chi connectivity index (χ2n) is 4.47. The molecule has 15 heavy (non-hydrogen) atoms. The maximum atomic E-state index is 11.0. The molecule has 0 amide bonds. The topological polar surface area (TPSA) is 66.6 Å². The van der Waals surface area contributed by atoms with Gasteiger partial charge in [-0.2, -0.15) is 12.7 Å². The van der Waals surface area contributed by atoms with Gasteiger partial charge in [0.2, 0.25) is 0 Å². The zero-order valence-corrected chi connectivity index (χ0v) is 10.3. The molecule has 0 radical (unpaired) electrons. The molecule has 2 N–H and O–H groups in total. The van der Waals surface area contributed by atoms with Crippen LogP contribution in [0.1, 0.15) is 20.3 Å². The smallest absolute Gasteiger partial charge is 0.276 e. The van der Waals surface area contributed by atoms with Crippen molar-refractivity contribution in [2.45, 2.75) is 20.3 Å². The molecule has 1 saturated heterocycles. The maximum absolute atomic E-state index is 11.0. The van der Waals surface area contributed by atoms with Crippen molar-refractivity contribution >= 4 is 10.2 Å². The zero-order chi connectivity index (χ0) is 11.5. The molecule has 90 valence electrons. The first kappa shape index (κ1) is 12.9. The Bertz CT molecular complexity index is 282. The molecule has 0 unspecified atom stereocenters. The van der Waals surface area contributed by atoms with Gasteiger partial charge in [-0.05, 0) is 18.9 Å². The van der Waals surface area contributed by atoms with Crippen LogP contribution in [-0.2, 0) is 10.2 Å². The second-order valence-corrected chi connectivity index (χ2v) is 6.01. The minimum Gasteiger partial charge on any atom is -0.301 e. The van der Waals surface area contributed by atoms with Crippen LogP contribution in [0, 0.1) is 5.92 Å². The molecule has 0 atom stereocenters. The zero-order valence-electron chi connectivity index (χ0n) is 9.52. The highest BCUT2D eigenvalue weighted by atomic mass is 32.2. The molecular weight excluding hydrogens is 214 g/mol. The lowest BCUT2D eigenvalue weighted by atomic mass is 10.1. The van der Waals surface area contributed by atoms with Crippen molar-refractivity contribution in [3.8, 4) is 0 Å². The van der Waals surface area contributed by atoms with Gasteiger partial charge in [0.1, 0.15) is 0 Å². The molecule has 0 spiro atoms. The Morgan fingerprint density at radius 1 is 1.20 bits per heavy atom. The summed E-state index contributed by atoms with van der Waals surface area (Å²) in [5, 5.41) is 5.06. The van der Waals surface area contributed by atoms with Gasteiger partial charge >= 0.3 is 0 Å². The average Bonchev–Trinajstić information content (AvgIpc) is 2.14. The largest absolute Gasteiger partial charge is 0.301 e. The van der Waals surface area contributed by atoms with Crippen LogP contribution in [0.4, 0.5) is 0 Å². The van der Waals surface area contributed by atoms with E-state index in [9.17, 15) is 8.42 Å². The van der Waals surface area contributed by atoms with Gasteiger partial charge in [-0.15, -0.1) is 0 Å². The fraction of sp³-hybridized carbons (Fsp3) is 1.00. The SMILES string of the molecule is CC(C)CCN1CCN(S(N)(=O)=O)CC1. The predicted octanol–water partition coefficient (Wildman–Crippen LogP) is -0.146. The molecule has 1 rings (SSSR count).